The molecule has 0 spiro atoms. The minimum absolute atomic E-state index is 0.0950. The maximum absolute atomic E-state index is 10.6. The van der Waals surface area contributed by atoms with E-state index in [1.807, 2.05) is 0 Å². The second kappa shape index (κ2) is 4.82. The van der Waals surface area contributed by atoms with E-state index in [4.69, 9.17) is 15.6 Å². The lowest BCUT2D eigenvalue weighted by Gasteiger charge is -2.16. The highest BCUT2D eigenvalue weighted by Gasteiger charge is 2.24. The summed E-state index contributed by atoms with van der Waals surface area (Å²) in [5.74, 6) is -1.25. The Kier molecular flexibility index (Phi) is 3.70. The van der Waals surface area contributed by atoms with E-state index in [1.54, 1.807) is 0 Å². The van der Waals surface area contributed by atoms with Crippen molar-refractivity contribution < 1.29 is 24.9 Å². The Hall–Kier alpha value is -1.79. The lowest BCUT2D eigenvalue weighted by molar-refractivity contribution is -0.141. The van der Waals surface area contributed by atoms with E-state index in [0.717, 1.165) is 0 Å². The van der Waals surface area contributed by atoms with E-state index in [-0.39, 0.29) is 17.1 Å². The number of benzene rings is 1. The number of methoxy groups -OCH3 is 1. The van der Waals surface area contributed by atoms with Crippen LogP contribution in [0.2, 0.25) is 0 Å². The molecule has 1 aromatic carbocycles. The van der Waals surface area contributed by atoms with Crippen LogP contribution in [0.1, 0.15) is 11.7 Å². The van der Waals surface area contributed by atoms with E-state index in [9.17, 15) is 15.0 Å². The molecule has 0 aliphatic rings. The van der Waals surface area contributed by atoms with E-state index >= 15 is 0 Å². The molecule has 5 N–H and O–H groups in total. The summed E-state index contributed by atoms with van der Waals surface area (Å²) in [6.07, 6.45) is -1.35. The lowest BCUT2D eigenvalue weighted by atomic mass is 10.2. The number of carboxylic acids is 1. The SMILES string of the molecule is CO[13c]1[13cH][13c]([C@@H](O)[C@H](N)C(=O)O)[13cH][13cH][13c]1O. The van der Waals surface area contributed by atoms with Crippen LogP contribution in [0, 0.1) is 0 Å². The van der Waals surface area contributed by atoms with Crippen molar-refractivity contribution in [3.63, 3.8) is 0 Å². The largest absolute Gasteiger partial charge is 0.504 e. The van der Waals surface area contributed by atoms with Crippen LogP contribution in [0.25, 0.3) is 0 Å². The minimum atomic E-state index is -1.42. The van der Waals surface area contributed by atoms with Gasteiger partial charge >= 0.3 is 5.97 Å². The number of phenols is 1. The predicted octanol–water partition coefficient (Wildman–Crippen LogP) is -0.154. The van der Waals surface area contributed by atoms with Crippen LogP contribution in [-0.4, -0.2) is 34.4 Å². The fourth-order valence-corrected chi connectivity index (χ4v) is 1.22. The first-order chi connectivity index (χ1) is 7.47. The smallest absolute Gasteiger partial charge is 0.323 e. The first-order valence-electron chi connectivity index (χ1n) is 4.50. The number of carbonyl (C=O) groups is 1. The second-order valence-electron chi connectivity index (χ2n) is 3.24. The molecule has 2 atom stereocenters. The number of aliphatic hydroxyl groups excluding tert-OH is 1. The highest BCUT2D eigenvalue weighted by atomic mass is 16.6. The second-order valence-corrected chi connectivity index (χ2v) is 3.24. The highest BCUT2D eigenvalue weighted by molar-refractivity contribution is 5.74. The number of aromatic hydroxyl groups is 1. The van der Waals surface area contributed by atoms with Crippen LogP contribution in [0.4, 0.5) is 0 Å². The summed E-state index contributed by atoms with van der Waals surface area (Å²) >= 11 is 0. The van der Waals surface area contributed by atoms with Crippen LogP contribution in [0.5, 0.6) is 11.5 Å². The zero-order valence-corrected chi connectivity index (χ0v) is 8.62. The number of aliphatic carboxylic acids is 1. The number of nitrogens with two attached hydrogens (primary N) is 1. The summed E-state index contributed by atoms with van der Waals surface area (Å²) < 4.78 is 4.83. The van der Waals surface area contributed by atoms with Gasteiger partial charge in [-0.05, 0) is 17.7 Å². The molecule has 0 aromatic heterocycles. The van der Waals surface area contributed by atoms with Crippen molar-refractivity contribution in [3.05, 3.63) is 23.8 Å². The number of hydrogen-bond donors (Lipinski definition) is 4. The van der Waals surface area contributed by atoms with Gasteiger partial charge in [0.2, 0.25) is 0 Å². The number of ether oxygens (including phenoxy) is 1. The molecule has 6 heteroatoms. The number of phenolic OH excluding ortho intramolecular Hbond substituents is 1. The molecule has 1 aromatic rings. The third-order valence-electron chi connectivity index (χ3n) is 2.17. The van der Waals surface area contributed by atoms with Gasteiger partial charge in [0.15, 0.2) is 11.5 Å². The van der Waals surface area contributed by atoms with E-state index < -0.39 is 18.1 Å². The van der Waals surface area contributed by atoms with E-state index in [1.165, 1.54) is 25.3 Å². The summed E-state index contributed by atoms with van der Waals surface area (Å²) in [6.45, 7) is 0. The van der Waals surface area contributed by atoms with E-state index in [2.05, 4.69) is 0 Å². The summed E-state index contributed by atoms with van der Waals surface area (Å²) in [7, 11) is 1.35. The van der Waals surface area contributed by atoms with Gasteiger partial charge < -0.3 is 25.8 Å². The fraction of sp³-hybridized carbons (Fsp3) is 0.300. The van der Waals surface area contributed by atoms with Gasteiger partial charge in [0.25, 0.3) is 0 Å². The molecule has 0 saturated carbocycles. The molecule has 0 aliphatic carbocycles. The first-order valence-corrected chi connectivity index (χ1v) is 4.50. The molecule has 0 radical (unpaired) electrons. The van der Waals surface area contributed by atoms with Crippen LogP contribution in [0.3, 0.4) is 0 Å². The monoisotopic (exact) mass is 233 g/mol. The van der Waals surface area contributed by atoms with Gasteiger partial charge in [0, 0.05) is 0 Å². The van der Waals surface area contributed by atoms with Gasteiger partial charge in [0.1, 0.15) is 12.1 Å². The van der Waals surface area contributed by atoms with Crippen LogP contribution in [-0.2, 0) is 4.79 Å². The molecule has 0 bridgehead atoms. The Balaban J connectivity index is 3.00. The van der Waals surface area contributed by atoms with Crippen LogP contribution < -0.4 is 10.5 Å². The van der Waals surface area contributed by atoms with Gasteiger partial charge in [-0.15, -0.1) is 0 Å². The number of carboxylic acid groups (broad SMARTS) is 1. The lowest BCUT2D eigenvalue weighted by Crippen LogP contribution is -2.36. The van der Waals surface area contributed by atoms with Gasteiger partial charge in [-0.1, -0.05) is 6.07 Å². The molecule has 0 aliphatic heterocycles. The quantitative estimate of drug-likeness (QED) is 0.575. The molecule has 6 nitrogen and oxygen atoms in total. The summed E-state index contributed by atoms with van der Waals surface area (Å²) in [5, 5.41) is 27.6. The van der Waals surface area contributed by atoms with Gasteiger partial charge in [-0.25, -0.2) is 0 Å². The van der Waals surface area contributed by atoms with Crippen molar-refractivity contribution in [2.24, 2.45) is 5.73 Å². The Morgan fingerprint density at radius 1 is 1.50 bits per heavy atom. The van der Waals surface area contributed by atoms with Gasteiger partial charge in [-0.3, -0.25) is 4.79 Å². The first kappa shape index (κ1) is 12.3. The average molecular weight is 233 g/mol. The van der Waals surface area contributed by atoms with Crippen molar-refractivity contribution in [3.8, 4) is 11.5 Å². The molecular weight excluding hydrogens is 220 g/mol. The molecule has 0 saturated heterocycles. The van der Waals surface area contributed by atoms with Crippen molar-refractivity contribution >= 4 is 5.97 Å². The highest BCUT2D eigenvalue weighted by Crippen LogP contribution is 2.29. The maximum Gasteiger partial charge on any atom is 0.323 e. The van der Waals surface area contributed by atoms with E-state index in [0.29, 0.717) is 0 Å². The summed E-state index contributed by atoms with van der Waals surface area (Å²) in [6, 6.07) is 2.59. The zero-order chi connectivity index (χ0) is 12.3. The Morgan fingerprint density at radius 2 is 2.12 bits per heavy atom. The fourth-order valence-electron chi connectivity index (χ4n) is 1.22. The zero-order valence-electron chi connectivity index (χ0n) is 8.62. The summed E-state index contributed by atoms with van der Waals surface area (Å²) in [5.41, 5.74) is 5.54. The van der Waals surface area contributed by atoms with Crippen molar-refractivity contribution in [2.45, 2.75) is 12.1 Å². The van der Waals surface area contributed by atoms with Crippen LogP contribution in [0.15, 0.2) is 18.2 Å². The maximum atomic E-state index is 10.6. The molecule has 0 amide bonds. The molecule has 0 heterocycles. The number of rotatable bonds is 4. The topological polar surface area (TPSA) is 113 Å². The summed E-state index contributed by atoms with van der Waals surface area (Å²) in [4.78, 5) is 10.6. The van der Waals surface area contributed by atoms with Crippen molar-refractivity contribution in [1.29, 1.82) is 0 Å². The molecule has 16 heavy (non-hydrogen) atoms. The molecule has 1 rings (SSSR count). The Morgan fingerprint density at radius 3 is 2.62 bits per heavy atom. The third-order valence-corrected chi connectivity index (χ3v) is 2.17. The minimum Gasteiger partial charge on any atom is -0.504 e. The Bertz CT molecular complexity index is 393. The van der Waals surface area contributed by atoms with Crippen molar-refractivity contribution in [1.82, 2.24) is 0 Å². The Labute approximate surface area is 91.9 Å². The third kappa shape index (κ3) is 2.41. The molecule has 0 fully saturated rings. The molecule has 0 unspecified atom stereocenters. The molecule has 88 valence electrons. The van der Waals surface area contributed by atoms with Gasteiger partial charge in [0.05, 0.1) is 7.11 Å². The average Bonchev–Trinajstić information content (AvgIpc) is 2.27. The normalized spacial score (nSPS) is 14.2. The standard InChI is InChI=1S/C10H13NO5/c1-16-7-4-5(2-3-6(7)12)9(13)8(11)10(14)15/h2-4,8-9,12-13H,11H2,1H3,(H,14,15)/t8-,9+/m0/s1/i2+1,3+1,4+1,5+1,6+1,7+1. The number of aliphatic hydroxyl groups is 1. The number of hydrogen-bond acceptors (Lipinski definition) is 5. The van der Waals surface area contributed by atoms with Crippen LogP contribution >= 0.6 is 0 Å². The van der Waals surface area contributed by atoms with Gasteiger partial charge in [-0.2, -0.15) is 0 Å². The van der Waals surface area contributed by atoms with Crippen molar-refractivity contribution in [2.75, 3.05) is 7.11 Å². The molecular formula is C10H13NO5. The predicted molar refractivity (Wildman–Crippen MR) is 55.2 cm³/mol.